The number of nitrogens with one attached hydrogen (secondary N) is 1. The van der Waals surface area contributed by atoms with Crippen LogP contribution in [0.3, 0.4) is 0 Å². The highest BCUT2D eigenvalue weighted by molar-refractivity contribution is 9.10. The second kappa shape index (κ2) is 4.69. The molecule has 0 spiro atoms. The highest BCUT2D eigenvalue weighted by Gasteiger charge is 2.38. The lowest BCUT2D eigenvalue weighted by Gasteiger charge is -2.27. The van der Waals surface area contributed by atoms with Crippen molar-refractivity contribution in [1.82, 2.24) is 0 Å². The van der Waals surface area contributed by atoms with Crippen LogP contribution in [0.25, 0.3) is 0 Å². The first-order chi connectivity index (χ1) is 8.63. The average molecular weight is 310 g/mol. The molecule has 1 saturated carbocycles. The maximum Gasteiger partial charge on any atom is 0.139 e. The van der Waals surface area contributed by atoms with Crippen LogP contribution in [-0.2, 0) is 0 Å². The van der Waals surface area contributed by atoms with Gasteiger partial charge in [0.15, 0.2) is 0 Å². The third-order valence-electron chi connectivity index (χ3n) is 4.29. The molecule has 2 aliphatic carbocycles. The minimum absolute atomic E-state index is 0.208. The summed E-state index contributed by atoms with van der Waals surface area (Å²) in [6.45, 7) is 2.21. The Morgan fingerprint density at radius 2 is 2.17 bits per heavy atom. The molecule has 2 aliphatic rings. The van der Waals surface area contributed by atoms with E-state index in [9.17, 15) is 4.39 Å². The van der Waals surface area contributed by atoms with E-state index in [0.717, 1.165) is 17.5 Å². The fourth-order valence-electron chi connectivity index (χ4n) is 3.35. The van der Waals surface area contributed by atoms with Crippen molar-refractivity contribution in [2.75, 3.05) is 5.32 Å². The molecule has 0 heterocycles. The SMILES string of the molecule is CC(Nc1ccc(Br)c(F)c1)C1CC2C=CC1C2. The lowest BCUT2D eigenvalue weighted by atomic mass is 9.87. The minimum Gasteiger partial charge on any atom is -0.382 e. The summed E-state index contributed by atoms with van der Waals surface area (Å²) >= 11 is 3.18. The van der Waals surface area contributed by atoms with Crippen molar-refractivity contribution >= 4 is 21.6 Å². The maximum atomic E-state index is 13.5. The molecule has 4 atom stereocenters. The van der Waals surface area contributed by atoms with Gasteiger partial charge in [0.1, 0.15) is 5.82 Å². The smallest absolute Gasteiger partial charge is 0.139 e. The van der Waals surface area contributed by atoms with Gasteiger partial charge in [-0.25, -0.2) is 4.39 Å². The zero-order valence-corrected chi connectivity index (χ0v) is 12.0. The second-order valence-corrected chi connectivity index (χ2v) is 6.36. The van der Waals surface area contributed by atoms with E-state index in [2.05, 4.69) is 40.3 Å². The largest absolute Gasteiger partial charge is 0.382 e. The highest BCUT2D eigenvalue weighted by Crippen LogP contribution is 2.45. The van der Waals surface area contributed by atoms with Crippen LogP contribution in [-0.4, -0.2) is 6.04 Å². The lowest BCUT2D eigenvalue weighted by molar-refractivity contribution is 0.400. The third kappa shape index (κ3) is 2.20. The number of rotatable bonds is 3. The van der Waals surface area contributed by atoms with Crippen molar-refractivity contribution in [3.05, 3.63) is 40.6 Å². The molecule has 2 bridgehead atoms. The molecule has 1 aromatic carbocycles. The van der Waals surface area contributed by atoms with Gasteiger partial charge in [-0.05, 0) is 71.6 Å². The van der Waals surface area contributed by atoms with Gasteiger partial charge in [-0.2, -0.15) is 0 Å². The van der Waals surface area contributed by atoms with Gasteiger partial charge in [0.25, 0.3) is 0 Å². The summed E-state index contributed by atoms with van der Waals surface area (Å²) in [7, 11) is 0. The second-order valence-electron chi connectivity index (χ2n) is 5.51. The van der Waals surface area contributed by atoms with E-state index in [-0.39, 0.29) is 5.82 Å². The molecule has 1 fully saturated rings. The lowest BCUT2D eigenvalue weighted by Crippen LogP contribution is -2.28. The molecule has 1 aromatic rings. The van der Waals surface area contributed by atoms with Crippen molar-refractivity contribution in [1.29, 1.82) is 0 Å². The van der Waals surface area contributed by atoms with Gasteiger partial charge >= 0.3 is 0 Å². The van der Waals surface area contributed by atoms with Gasteiger partial charge in [-0.15, -0.1) is 0 Å². The van der Waals surface area contributed by atoms with Gasteiger partial charge < -0.3 is 5.32 Å². The van der Waals surface area contributed by atoms with Crippen LogP contribution < -0.4 is 5.32 Å². The molecule has 0 saturated heterocycles. The molecule has 0 aromatic heterocycles. The maximum absolute atomic E-state index is 13.5. The van der Waals surface area contributed by atoms with Crippen molar-refractivity contribution in [3.8, 4) is 0 Å². The van der Waals surface area contributed by atoms with E-state index >= 15 is 0 Å². The molecule has 1 N–H and O–H groups in total. The van der Waals surface area contributed by atoms with E-state index in [1.165, 1.54) is 12.8 Å². The summed E-state index contributed by atoms with van der Waals surface area (Å²) in [6, 6.07) is 5.63. The Morgan fingerprint density at radius 3 is 2.78 bits per heavy atom. The average Bonchev–Trinajstić information content (AvgIpc) is 2.96. The number of allylic oxidation sites excluding steroid dienone is 2. The van der Waals surface area contributed by atoms with Gasteiger partial charge in [-0.3, -0.25) is 0 Å². The van der Waals surface area contributed by atoms with Crippen molar-refractivity contribution in [2.45, 2.75) is 25.8 Å². The molecule has 1 nitrogen and oxygen atoms in total. The topological polar surface area (TPSA) is 12.0 Å². The molecule has 4 unspecified atom stereocenters. The molecule has 3 rings (SSSR count). The molecule has 96 valence electrons. The monoisotopic (exact) mass is 309 g/mol. The van der Waals surface area contributed by atoms with Gasteiger partial charge in [0.05, 0.1) is 4.47 Å². The Kier molecular flexibility index (Phi) is 3.18. The zero-order chi connectivity index (χ0) is 12.7. The Morgan fingerprint density at radius 1 is 1.33 bits per heavy atom. The predicted octanol–water partition coefficient (Wildman–Crippen LogP) is 4.60. The number of hydrogen-bond acceptors (Lipinski definition) is 1. The van der Waals surface area contributed by atoms with E-state index in [1.807, 2.05) is 6.07 Å². The Hall–Kier alpha value is -0.830. The van der Waals surface area contributed by atoms with Crippen molar-refractivity contribution in [3.63, 3.8) is 0 Å². The van der Waals surface area contributed by atoms with Gasteiger partial charge in [0, 0.05) is 11.7 Å². The summed E-state index contributed by atoms with van der Waals surface area (Å²) in [6.07, 6.45) is 7.30. The third-order valence-corrected chi connectivity index (χ3v) is 4.93. The van der Waals surface area contributed by atoms with Crippen LogP contribution in [0.5, 0.6) is 0 Å². The summed E-state index contributed by atoms with van der Waals surface area (Å²) in [5, 5.41) is 3.44. The van der Waals surface area contributed by atoms with Crippen LogP contribution in [0.2, 0.25) is 0 Å². The van der Waals surface area contributed by atoms with Crippen molar-refractivity contribution in [2.24, 2.45) is 17.8 Å². The van der Waals surface area contributed by atoms with Gasteiger partial charge in [-0.1, -0.05) is 12.2 Å². The number of fused-ring (bicyclic) bond motifs is 2. The molecule has 0 aliphatic heterocycles. The Labute approximate surface area is 116 Å². The first-order valence-electron chi connectivity index (χ1n) is 6.53. The molecule has 3 heteroatoms. The van der Waals surface area contributed by atoms with E-state index < -0.39 is 0 Å². The fraction of sp³-hybridized carbons (Fsp3) is 0.467. The van der Waals surface area contributed by atoms with E-state index in [1.54, 1.807) is 12.1 Å². The summed E-state index contributed by atoms with van der Waals surface area (Å²) in [4.78, 5) is 0. The highest BCUT2D eigenvalue weighted by atomic mass is 79.9. The quantitative estimate of drug-likeness (QED) is 0.805. The summed E-state index contributed by atoms with van der Waals surface area (Å²) < 4.78 is 14.0. The minimum atomic E-state index is -0.208. The molecule has 18 heavy (non-hydrogen) atoms. The van der Waals surface area contributed by atoms with E-state index in [0.29, 0.717) is 16.4 Å². The van der Waals surface area contributed by atoms with Crippen LogP contribution >= 0.6 is 15.9 Å². The fourth-order valence-corrected chi connectivity index (χ4v) is 3.60. The Bertz CT molecular complexity index is 485. The van der Waals surface area contributed by atoms with Crippen LogP contribution in [0.4, 0.5) is 10.1 Å². The standard InChI is InChI=1S/C15H17BrFN/c1-9(13-7-10-2-3-11(13)6-10)18-12-4-5-14(16)15(17)8-12/h2-5,8-11,13,18H,6-7H2,1H3. The molecule has 0 radical (unpaired) electrons. The summed E-state index contributed by atoms with van der Waals surface area (Å²) in [5.74, 6) is 1.98. The molecular formula is C15H17BrFN. The first-order valence-corrected chi connectivity index (χ1v) is 7.32. The van der Waals surface area contributed by atoms with E-state index in [4.69, 9.17) is 0 Å². The van der Waals surface area contributed by atoms with Crippen LogP contribution in [0.15, 0.2) is 34.8 Å². The number of hydrogen-bond donors (Lipinski definition) is 1. The van der Waals surface area contributed by atoms with Crippen molar-refractivity contribution < 1.29 is 4.39 Å². The zero-order valence-electron chi connectivity index (χ0n) is 10.4. The molecule has 0 amide bonds. The normalized spacial score (nSPS) is 30.7. The Balaban J connectivity index is 1.69. The number of benzene rings is 1. The number of halogens is 2. The van der Waals surface area contributed by atoms with Crippen LogP contribution in [0.1, 0.15) is 19.8 Å². The van der Waals surface area contributed by atoms with Gasteiger partial charge in [0.2, 0.25) is 0 Å². The number of anilines is 1. The summed E-state index contributed by atoms with van der Waals surface area (Å²) in [5.41, 5.74) is 0.870. The predicted molar refractivity (Wildman–Crippen MR) is 76.0 cm³/mol. The molecular weight excluding hydrogens is 293 g/mol. The first kappa shape index (κ1) is 12.2. The van der Waals surface area contributed by atoms with Crippen LogP contribution in [0, 0.1) is 23.6 Å².